The minimum absolute atomic E-state index is 0.0296. The van der Waals surface area contributed by atoms with Crippen LogP contribution in [0.5, 0.6) is 0 Å². The van der Waals surface area contributed by atoms with Gasteiger partial charge in [-0.25, -0.2) is 0 Å². The lowest BCUT2D eigenvalue weighted by atomic mass is 9.57. The number of nitrogens with zero attached hydrogens (tertiary/aromatic N) is 2. The van der Waals surface area contributed by atoms with Crippen molar-refractivity contribution in [3.8, 4) is 0 Å². The maximum absolute atomic E-state index is 7.00. The van der Waals surface area contributed by atoms with Crippen LogP contribution in [0, 0.1) is 11.8 Å². The second-order valence-electron chi connectivity index (χ2n) is 14.0. The van der Waals surface area contributed by atoms with Crippen molar-refractivity contribution in [3.63, 3.8) is 0 Å². The van der Waals surface area contributed by atoms with E-state index in [1.807, 2.05) is 0 Å². The number of para-hydroxylation sites is 1. The molecule has 0 aliphatic heterocycles. The van der Waals surface area contributed by atoms with E-state index in [4.69, 9.17) is 19.4 Å². The van der Waals surface area contributed by atoms with Gasteiger partial charge in [-0.05, 0) is 119 Å². The number of ether oxygens (including phenoxy) is 1. The van der Waals surface area contributed by atoms with Gasteiger partial charge in [-0.3, -0.25) is 4.98 Å². The van der Waals surface area contributed by atoms with Crippen molar-refractivity contribution in [3.05, 3.63) is 58.6 Å². The number of fused-ring (bicyclic) bond motifs is 4. The Morgan fingerprint density at radius 1 is 0.816 bits per heavy atom. The van der Waals surface area contributed by atoms with Crippen LogP contribution in [0.1, 0.15) is 136 Å². The molecule has 7 saturated carbocycles. The molecule has 0 N–H and O–H groups in total. The first kappa shape index (κ1) is 22.6. The molecule has 0 unspecified atom stereocenters. The maximum atomic E-state index is 7.00. The van der Waals surface area contributed by atoms with Gasteiger partial charge in [0, 0.05) is 33.9 Å². The number of rotatable bonds is 9. The zero-order valence-corrected chi connectivity index (χ0v) is 22.6. The molecule has 0 saturated heterocycles. The topological polar surface area (TPSA) is 48.2 Å². The van der Waals surface area contributed by atoms with Gasteiger partial charge < -0.3 is 9.26 Å². The highest BCUT2D eigenvalue weighted by Crippen LogP contribution is 2.58. The van der Waals surface area contributed by atoms with Crippen LogP contribution >= 0.6 is 0 Å². The molecule has 198 valence electrons. The monoisotopic (exact) mass is 508 g/mol. The SMILES string of the molecule is c1cc(C2CC2)c2nc(C34CCC(OCc5c(C(C6CC6)C6CC6)noc5C5CC5)(CC3)CC4)ccc2c1. The van der Waals surface area contributed by atoms with Crippen molar-refractivity contribution in [2.75, 3.05) is 0 Å². The van der Waals surface area contributed by atoms with E-state index in [0.29, 0.717) is 18.4 Å². The summed E-state index contributed by atoms with van der Waals surface area (Å²) in [6.45, 7) is 0.715. The molecule has 4 heteroatoms. The van der Waals surface area contributed by atoms with Crippen LogP contribution in [0.3, 0.4) is 0 Å². The zero-order valence-electron chi connectivity index (χ0n) is 22.6. The Morgan fingerprint density at radius 2 is 1.53 bits per heavy atom. The van der Waals surface area contributed by atoms with Crippen molar-refractivity contribution in [2.24, 2.45) is 11.8 Å². The highest BCUT2D eigenvalue weighted by molar-refractivity contribution is 5.83. The number of hydrogen-bond acceptors (Lipinski definition) is 4. The van der Waals surface area contributed by atoms with E-state index in [9.17, 15) is 0 Å². The predicted molar refractivity (Wildman–Crippen MR) is 147 cm³/mol. The maximum Gasteiger partial charge on any atom is 0.145 e. The molecule has 2 bridgehead atoms. The highest BCUT2D eigenvalue weighted by atomic mass is 16.5. The van der Waals surface area contributed by atoms with Gasteiger partial charge in [0.15, 0.2) is 0 Å². The molecule has 0 amide bonds. The summed E-state index contributed by atoms with van der Waals surface area (Å²) in [6.07, 6.45) is 17.8. The minimum atomic E-state index is 0.0296. The summed E-state index contributed by atoms with van der Waals surface area (Å²) in [7, 11) is 0. The van der Waals surface area contributed by atoms with Gasteiger partial charge in [-0.1, -0.05) is 29.4 Å². The van der Waals surface area contributed by atoms with Gasteiger partial charge in [0.2, 0.25) is 0 Å². The molecule has 2 heterocycles. The molecule has 2 aromatic heterocycles. The summed E-state index contributed by atoms with van der Waals surface area (Å²) in [5.74, 6) is 4.83. The number of pyridine rings is 1. The van der Waals surface area contributed by atoms with Crippen LogP contribution in [-0.2, 0) is 16.8 Å². The summed E-state index contributed by atoms with van der Waals surface area (Å²) in [4.78, 5) is 5.39. The van der Waals surface area contributed by atoms with E-state index in [1.165, 1.54) is 110 Å². The Morgan fingerprint density at radius 3 is 2.18 bits per heavy atom. The molecule has 38 heavy (non-hydrogen) atoms. The Hall–Kier alpha value is -2.20. The van der Waals surface area contributed by atoms with E-state index < -0.39 is 0 Å². The fourth-order valence-electron chi connectivity index (χ4n) is 8.32. The summed E-state index contributed by atoms with van der Waals surface area (Å²) in [5.41, 5.74) is 7.02. The molecule has 7 fully saturated rings. The Labute approximate surface area is 225 Å². The van der Waals surface area contributed by atoms with Crippen molar-refractivity contribution in [1.29, 1.82) is 0 Å². The van der Waals surface area contributed by atoms with Crippen molar-refractivity contribution >= 4 is 10.9 Å². The van der Waals surface area contributed by atoms with E-state index in [2.05, 4.69) is 30.3 Å². The molecule has 0 atom stereocenters. The van der Waals surface area contributed by atoms with E-state index >= 15 is 0 Å². The smallest absolute Gasteiger partial charge is 0.145 e. The Kier molecular flexibility index (Phi) is 4.85. The lowest BCUT2D eigenvalue weighted by Crippen LogP contribution is -2.50. The number of benzene rings is 1. The summed E-state index contributed by atoms with van der Waals surface area (Å²) in [5, 5.41) is 6.07. The van der Waals surface area contributed by atoms with Crippen LogP contribution in [0.25, 0.3) is 10.9 Å². The Bertz CT molecular complexity index is 1350. The second kappa shape index (κ2) is 8.16. The van der Waals surface area contributed by atoms with Gasteiger partial charge >= 0.3 is 0 Å². The first-order chi connectivity index (χ1) is 18.7. The van der Waals surface area contributed by atoms with Gasteiger partial charge in [0.1, 0.15) is 5.76 Å². The van der Waals surface area contributed by atoms with E-state index in [0.717, 1.165) is 37.0 Å². The molecule has 0 radical (unpaired) electrons. The zero-order chi connectivity index (χ0) is 24.9. The van der Waals surface area contributed by atoms with Crippen LogP contribution < -0.4 is 0 Å². The van der Waals surface area contributed by atoms with E-state index in [-0.39, 0.29) is 11.0 Å². The highest BCUT2D eigenvalue weighted by Gasteiger charge is 2.52. The van der Waals surface area contributed by atoms with Crippen LogP contribution in [0.15, 0.2) is 34.9 Å². The lowest BCUT2D eigenvalue weighted by molar-refractivity contribution is -0.127. The molecular formula is C34H40N2O2. The lowest BCUT2D eigenvalue weighted by Gasteiger charge is -2.53. The molecule has 7 aliphatic rings. The first-order valence-electron chi connectivity index (χ1n) is 15.7. The van der Waals surface area contributed by atoms with Gasteiger partial charge in [-0.15, -0.1) is 0 Å². The fourth-order valence-corrected chi connectivity index (χ4v) is 8.32. The molecule has 10 rings (SSSR count). The summed E-state index contributed by atoms with van der Waals surface area (Å²) >= 11 is 0. The van der Waals surface area contributed by atoms with Gasteiger partial charge in [-0.2, -0.15) is 0 Å². The van der Waals surface area contributed by atoms with Crippen molar-refractivity contribution < 1.29 is 9.26 Å². The standard InChI is InChI=1S/C34H40N2O2/c1-2-24-12-13-28(35-30(24)26(3-1)21-4-5-21)33-14-17-34(18-15-33,19-16-33)37-20-27-31(36-38-32(27)25-10-11-25)29(22-6-7-22)23-8-9-23/h1-3,12-13,21-23,25,29H,4-11,14-20H2. The average Bonchev–Trinajstić information content (AvgIpc) is 3.76. The van der Waals surface area contributed by atoms with Crippen LogP contribution in [-0.4, -0.2) is 15.7 Å². The van der Waals surface area contributed by atoms with Crippen molar-refractivity contribution in [2.45, 2.75) is 125 Å². The molecule has 1 aromatic carbocycles. The summed E-state index contributed by atoms with van der Waals surface area (Å²) in [6, 6.07) is 11.5. The van der Waals surface area contributed by atoms with Crippen LogP contribution in [0.2, 0.25) is 0 Å². The number of hydrogen-bond donors (Lipinski definition) is 0. The van der Waals surface area contributed by atoms with E-state index in [1.54, 1.807) is 0 Å². The van der Waals surface area contributed by atoms with Gasteiger partial charge in [0.25, 0.3) is 0 Å². The molecule has 0 spiro atoms. The first-order valence-corrected chi connectivity index (χ1v) is 15.7. The van der Waals surface area contributed by atoms with Gasteiger partial charge in [0.05, 0.1) is 23.4 Å². The molecule has 4 nitrogen and oxygen atoms in total. The predicted octanol–water partition coefficient (Wildman–Crippen LogP) is 8.44. The third-order valence-electron chi connectivity index (χ3n) is 11.4. The quantitative estimate of drug-likeness (QED) is 0.291. The average molecular weight is 509 g/mol. The molecule has 3 aromatic rings. The van der Waals surface area contributed by atoms with Crippen molar-refractivity contribution in [1.82, 2.24) is 10.1 Å². The fraction of sp³-hybridized carbons (Fsp3) is 0.647. The minimum Gasteiger partial charge on any atom is -0.370 e. The molecule has 7 aliphatic carbocycles. The largest absolute Gasteiger partial charge is 0.370 e. The third kappa shape index (κ3) is 3.73. The molecular weight excluding hydrogens is 468 g/mol. The third-order valence-corrected chi connectivity index (χ3v) is 11.4. The second-order valence-corrected chi connectivity index (χ2v) is 14.0. The number of aromatic nitrogens is 2. The normalized spacial score (nSPS) is 31.0. The Balaban J connectivity index is 0.956. The summed E-state index contributed by atoms with van der Waals surface area (Å²) < 4.78 is 13.1. The van der Waals surface area contributed by atoms with Crippen LogP contribution in [0.4, 0.5) is 0 Å².